The first-order valence-electron chi connectivity index (χ1n) is 11.4. The summed E-state index contributed by atoms with van der Waals surface area (Å²) in [4.78, 5) is 18.4. The Morgan fingerprint density at radius 2 is 2.06 bits per heavy atom. The highest BCUT2D eigenvalue weighted by Gasteiger charge is 2.19. The number of para-hydroxylation sites is 1. The predicted molar refractivity (Wildman–Crippen MR) is 135 cm³/mol. The largest absolute Gasteiger partial charge is 0.465 e. The van der Waals surface area contributed by atoms with Crippen molar-refractivity contribution in [2.75, 3.05) is 18.4 Å². The van der Waals surface area contributed by atoms with E-state index in [1.165, 1.54) is 0 Å². The van der Waals surface area contributed by atoms with Crippen LogP contribution in [0.3, 0.4) is 0 Å². The Morgan fingerprint density at radius 3 is 2.94 bits per heavy atom. The van der Waals surface area contributed by atoms with Crippen LogP contribution in [-0.4, -0.2) is 45.5 Å². The second kappa shape index (κ2) is 9.86. The number of H-pyrrole nitrogens is 1. The molecule has 1 amide bonds. The molecule has 0 aliphatic rings. The highest BCUT2D eigenvalue weighted by atomic mass is 16.5. The SMILES string of the molecule is N[C@@H](CNc1onc(-c2ccc3cnccc3c2)c1CCNC(=O)O)Cc1c[nH]c2ccccc12. The number of rotatable bonds is 9. The van der Waals surface area contributed by atoms with Crippen molar-refractivity contribution in [3.05, 3.63) is 78.2 Å². The van der Waals surface area contributed by atoms with E-state index >= 15 is 0 Å². The number of nitrogens with two attached hydrogens (primary N) is 1. The summed E-state index contributed by atoms with van der Waals surface area (Å²) in [6, 6.07) is 15.9. The van der Waals surface area contributed by atoms with E-state index in [2.05, 4.69) is 31.8 Å². The molecule has 0 spiro atoms. The molecule has 5 aromatic rings. The maximum Gasteiger partial charge on any atom is 0.404 e. The van der Waals surface area contributed by atoms with E-state index in [4.69, 9.17) is 15.4 Å². The number of fused-ring (bicyclic) bond motifs is 2. The average Bonchev–Trinajstić information content (AvgIpc) is 3.46. The molecule has 3 heterocycles. The van der Waals surface area contributed by atoms with Gasteiger partial charge in [-0.3, -0.25) is 4.98 Å². The number of nitrogens with zero attached hydrogens (tertiary/aromatic N) is 2. The molecule has 0 bridgehead atoms. The quantitative estimate of drug-likeness (QED) is 0.218. The van der Waals surface area contributed by atoms with Gasteiger partial charge in [0.05, 0.1) is 0 Å². The van der Waals surface area contributed by atoms with Crippen molar-refractivity contribution in [2.24, 2.45) is 5.73 Å². The van der Waals surface area contributed by atoms with Crippen LogP contribution in [0.4, 0.5) is 10.7 Å². The van der Waals surface area contributed by atoms with Gasteiger partial charge in [0.25, 0.3) is 0 Å². The third-order valence-corrected chi connectivity index (χ3v) is 6.04. The second-order valence-electron chi connectivity index (χ2n) is 8.46. The van der Waals surface area contributed by atoms with Crippen molar-refractivity contribution in [2.45, 2.75) is 18.9 Å². The Bertz CT molecular complexity index is 1470. The van der Waals surface area contributed by atoms with E-state index < -0.39 is 6.09 Å². The Labute approximate surface area is 201 Å². The molecule has 0 aliphatic carbocycles. The molecule has 0 unspecified atom stereocenters. The van der Waals surface area contributed by atoms with Crippen LogP contribution >= 0.6 is 0 Å². The summed E-state index contributed by atoms with van der Waals surface area (Å²) in [6.45, 7) is 0.702. The Hall–Kier alpha value is -4.37. The fourth-order valence-corrected chi connectivity index (χ4v) is 4.31. The molecule has 0 saturated heterocycles. The molecule has 6 N–H and O–H groups in total. The van der Waals surface area contributed by atoms with Gasteiger partial charge < -0.3 is 31.0 Å². The topological polar surface area (TPSA) is 142 Å². The zero-order valence-electron chi connectivity index (χ0n) is 19.0. The Morgan fingerprint density at radius 1 is 1.17 bits per heavy atom. The summed E-state index contributed by atoms with van der Waals surface area (Å²) in [5.74, 6) is 0.497. The highest BCUT2D eigenvalue weighted by Crippen LogP contribution is 2.31. The summed E-state index contributed by atoms with van der Waals surface area (Å²) in [6.07, 6.45) is 5.58. The molecule has 35 heavy (non-hydrogen) atoms. The van der Waals surface area contributed by atoms with Crippen molar-refractivity contribution >= 4 is 33.7 Å². The zero-order chi connectivity index (χ0) is 24.2. The predicted octanol–water partition coefficient (Wildman–Crippen LogP) is 4.16. The highest BCUT2D eigenvalue weighted by molar-refractivity contribution is 5.87. The fourth-order valence-electron chi connectivity index (χ4n) is 4.31. The molecular formula is C26H26N6O3. The fraction of sp³-hybridized carbons (Fsp3) is 0.192. The van der Waals surface area contributed by atoms with Crippen molar-refractivity contribution in [3.8, 4) is 11.3 Å². The molecule has 9 heteroatoms. The molecule has 1 atom stereocenters. The molecule has 0 fully saturated rings. The van der Waals surface area contributed by atoms with E-state index in [1.807, 2.05) is 54.9 Å². The molecule has 9 nitrogen and oxygen atoms in total. The van der Waals surface area contributed by atoms with E-state index in [0.29, 0.717) is 31.0 Å². The van der Waals surface area contributed by atoms with E-state index in [9.17, 15) is 4.79 Å². The van der Waals surface area contributed by atoms with Gasteiger partial charge in [-0.2, -0.15) is 0 Å². The standard InChI is InChI=1S/C26H26N6O3/c27-20(12-19-14-30-23-4-2-1-3-21(19)23)15-31-25-22(8-10-29-26(33)34)24(32-35-25)17-5-6-18-13-28-9-7-16(18)11-17/h1-7,9,11,13-14,20,29-31H,8,10,12,15,27H2,(H,33,34)/t20-/m1/s1. The van der Waals surface area contributed by atoms with Crippen LogP contribution < -0.4 is 16.4 Å². The van der Waals surface area contributed by atoms with Gasteiger partial charge in [0.2, 0.25) is 5.88 Å². The van der Waals surface area contributed by atoms with Gasteiger partial charge in [0.1, 0.15) is 5.69 Å². The lowest BCUT2D eigenvalue weighted by Gasteiger charge is -2.13. The molecule has 0 aliphatic heterocycles. The minimum Gasteiger partial charge on any atom is -0.465 e. The number of hydrogen-bond donors (Lipinski definition) is 5. The number of benzene rings is 2. The second-order valence-corrected chi connectivity index (χ2v) is 8.46. The van der Waals surface area contributed by atoms with Gasteiger partial charge in [0.15, 0.2) is 0 Å². The van der Waals surface area contributed by atoms with Gasteiger partial charge in [-0.05, 0) is 42.0 Å². The first kappa shape index (κ1) is 22.4. The van der Waals surface area contributed by atoms with Crippen LogP contribution in [0.15, 0.2) is 71.6 Å². The van der Waals surface area contributed by atoms with Gasteiger partial charge in [-0.15, -0.1) is 0 Å². The molecular weight excluding hydrogens is 444 g/mol. The van der Waals surface area contributed by atoms with Gasteiger partial charge in [-0.25, -0.2) is 4.79 Å². The van der Waals surface area contributed by atoms with Crippen LogP contribution in [0.1, 0.15) is 11.1 Å². The van der Waals surface area contributed by atoms with Crippen LogP contribution in [-0.2, 0) is 12.8 Å². The summed E-state index contributed by atoms with van der Waals surface area (Å²) in [5, 5.41) is 22.2. The molecule has 2 aromatic carbocycles. The first-order chi connectivity index (χ1) is 17.1. The smallest absolute Gasteiger partial charge is 0.404 e. The van der Waals surface area contributed by atoms with Crippen LogP contribution in [0.5, 0.6) is 0 Å². The lowest BCUT2D eigenvalue weighted by Crippen LogP contribution is -2.31. The number of pyridine rings is 1. The van der Waals surface area contributed by atoms with Crippen molar-refractivity contribution in [3.63, 3.8) is 0 Å². The minimum atomic E-state index is -1.07. The lowest BCUT2D eigenvalue weighted by molar-refractivity contribution is 0.194. The van der Waals surface area contributed by atoms with Gasteiger partial charge >= 0.3 is 6.09 Å². The number of aromatic nitrogens is 3. The summed E-state index contributed by atoms with van der Waals surface area (Å²) >= 11 is 0. The monoisotopic (exact) mass is 470 g/mol. The summed E-state index contributed by atoms with van der Waals surface area (Å²) in [5.41, 5.74) is 11.0. The van der Waals surface area contributed by atoms with Crippen LogP contribution in [0, 0.1) is 0 Å². The summed E-state index contributed by atoms with van der Waals surface area (Å²) < 4.78 is 5.67. The van der Waals surface area contributed by atoms with Crippen molar-refractivity contribution in [1.82, 2.24) is 20.4 Å². The number of aromatic amines is 1. The Balaban J connectivity index is 1.35. The lowest BCUT2D eigenvalue weighted by atomic mass is 10.0. The number of hydrogen-bond acceptors (Lipinski definition) is 6. The van der Waals surface area contributed by atoms with E-state index in [-0.39, 0.29) is 12.6 Å². The van der Waals surface area contributed by atoms with E-state index in [0.717, 1.165) is 38.4 Å². The normalized spacial score (nSPS) is 12.1. The molecule has 178 valence electrons. The van der Waals surface area contributed by atoms with Crippen LogP contribution in [0.2, 0.25) is 0 Å². The van der Waals surface area contributed by atoms with Crippen molar-refractivity contribution < 1.29 is 14.4 Å². The van der Waals surface area contributed by atoms with Crippen LogP contribution in [0.25, 0.3) is 32.9 Å². The number of carbonyl (C=O) groups is 1. The minimum absolute atomic E-state index is 0.166. The maximum atomic E-state index is 11.0. The van der Waals surface area contributed by atoms with Crippen molar-refractivity contribution in [1.29, 1.82) is 0 Å². The molecule has 0 radical (unpaired) electrons. The Kier molecular flexibility index (Phi) is 6.32. The number of anilines is 1. The number of carboxylic acid groups (broad SMARTS) is 1. The zero-order valence-corrected chi connectivity index (χ0v) is 19.0. The molecule has 3 aromatic heterocycles. The van der Waals surface area contributed by atoms with E-state index in [1.54, 1.807) is 6.20 Å². The molecule has 0 saturated carbocycles. The summed E-state index contributed by atoms with van der Waals surface area (Å²) in [7, 11) is 0. The number of amides is 1. The first-order valence-corrected chi connectivity index (χ1v) is 11.4. The average molecular weight is 471 g/mol. The van der Waals surface area contributed by atoms with Gasteiger partial charge in [0, 0.05) is 65.1 Å². The maximum absolute atomic E-state index is 11.0. The molecule has 5 rings (SSSR count). The third kappa shape index (κ3) is 4.95. The van der Waals surface area contributed by atoms with Gasteiger partial charge in [-0.1, -0.05) is 35.5 Å². The third-order valence-electron chi connectivity index (χ3n) is 6.04. The number of nitrogens with one attached hydrogen (secondary N) is 3.